The van der Waals surface area contributed by atoms with Crippen LogP contribution in [0.5, 0.6) is 5.75 Å². The maximum absolute atomic E-state index is 11.3. The van der Waals surface area contributed by atoms with Gasteiger partial charge in [0.2, 0.25) is 0 Å². The van der Waals surface area contributed by atoms with E-state index in [4.69, 9.17) is 4.74 Å². The molecule has 0 bridgehead atoms. The minimum atomic E-state index is -0.973. The summed E-state index contributed by atoms with van der Waals surface area (Å²) in [6, 6.07) is 13.2. The second-order valence-electron chi connectivity index (χ2n) is 4.26. The Labute approximate surface area is 112 Å². The van der Waals surface area contributed by atoms with Crippen LogP contribution in [0.2, 0.25) is 0 Å². The molecule has 0 amide bonds. The van der Waals surface area contributed by atoms with Crippen molar-refractivity contribution in [3.05, 3.63) is 53.6 Å². The van der Waals surface area contributed by atoms with Crippen LogP contribution in [0.25, 0.3) is 11.1 Å². The Morgan fingerprint density at radius 3 is 2.58 bits per heavy atom. The van der Waals surface area contributed by atoms with Gasteiger partial charge in [-0.1, -0.05) is 30.3 Å². The van der Waals surface area contributed by atoms with Gasteiger partial charge >= 0.3 is 5.97 Å². The number of carboxylic acid groups (broad SMARTS) is 1. The summed E-state index contributed by atoms with van der Waals surface area (Å²) < 4.78 is 5.34. The second kappa shape index (κ2) is 5.57. The Hall–Kier alpha value is -2.29. The van der Waals surface area contributed by atoms with Crippen LogP contribution < -0.4 is 4.74 Å². The molecular formula is C16H16O3. The highest BCUT2D eigenvalue weighted by molar-refractivity contribution is 5.92. The van der Waals surface area contributed by atoms with Crippen LogP contribution in [-0.2, 0) is 0 Å². The van der Waals surface area contributed by atoms with Crippen LogP contribution >= 0.6 is 0 Å². The molecule has 1 N–H and O–H groups in total. The minimum Gasteiger partial charge on any atom is -0.493 e. The van der Waals surface area contributed by atoms with Crippen molar-refractivity contribution < 1.29 is 14.6 Å². The van der Waals surface area contributed by atoms with Crippen molar-refractivity contribution in [3.63, 3.8) is 0 Å². The van der Waals surface area contributed by atoms with Gasteiger partial charge in [0.1, 0.15) is 11.3 Å². The zero-order valence-corrected chi connectivity index (χ0v) is 11.0. The molecule has 0 spiro atoms. The summed E-state index contributed by atoms with van der Waals surface area (Å²) in [7, 11) is 0. The summed E-state index contributed by atoms with van der Waals surface area (Å²) in [6.45, 7) is 4.29. The van der Waals surface area contributed by atoms with Gasteiger partial charge in [-0.2, -0.15) is 0 Å². The van der Waals surface area contributed by atoms with Gasteiger partial charge in [-0.05, 0) is 42.7 Å². The maximum atomic E-state index is 11.3. The van der Waals surface area contributed by atoms with Gasteiger partial charge in [0, 0.05) is 0 Å². The van der Waals surface area contributed by atoms with E-state index in [0.717, 1.165) is 16.7 Å². The quantitative estimate of drug-likeness (QED) is 0.906. The van der Waals surface area contributed by atoms with E-state index < -0.39 is 5.97 Å². The average molecular weight is 256 g/mol. The largest absolute Gasteiger partial charge is 0.493 e. The molecule has 0 atom stereocenters. The lowest BCUT2D eigenvalue weighted by atomic mass is 9.98. The number of carbonyl (C=O) groups is 1. The molecule has 0 aromatic heterocycles. The lowest BCUT2D eigenvalue weighted by molar-refractivity contribution is 0.0692. The Bertz CT molecular complexity index is 603. The SMILES string of the molecule is CCOc1ccc(-c2ccccc2C)cc1C(=O)O. The van der Waals surface area contributed by atoms with E-state index >= 15 is 0 Å². The van der Waals surface area contributed by atoms with Gasteiger partial charge in [0.05, 0.1) is 6.61 Å². The number of rotatable bonds is 4. The molecular weight excluding hydrogens is 240 g/mol. The number of benzene rings is 2. The molecule has 0 radical (unpaired) electrons. The Balaban J connectivity index is 2.52. The number of aromatic carboxylic acids is 1. The fraction of sp³-hybridized carbons (Fsp3) is 0.188. The third-order valence-corrected chi connectivity index (χ3v) is 2.97. The summed E-state index contributed by atoms with van der Waals surface area (Å²) in [6.07, 6.45) is 0. The van der Waals surface area contributed by atoms with Crippen molar-refractivity contribution in [3.8, 4) is 16.9 Å². The molecule has 3 heteroatoms. The van der Waals surface area contributed by atoms with E-state index in [0.29, 0.717) is 12.4 Å². The highest BCUT2D eigenvalue weighted by Gasteiger charge is 2.13. The summed E-state index contributed by atoms with van der Waals surface area (Å²) in [5, 5.41) is 9.25. The molecule has 3 nitrogen and oxygen atoms in total. The smallest absolute Gasteiger partial charge is 0.339 e. The molecule has 0 aliphatic rings. The van der Waals surface area contributed by atoms with Crippen molar-refractivity contribution in [2.45, 2.75) is 13.8 Å². The van der Waals surface area contributed by atoms with Gasteiger partial charge in [0.25, 0.3) is 0 Å². The molecule has 98 valence electrons. The van der Waals surface area contributed by atoms with Crippen LogP contribution in [0.1, 0.15) is 22.8 Å². The van der Waals surface area contributed by atoms with Crippen molar-refractivity contribution in [1.29, 1.82) is 0 Å². The Kier molecular flexibility index (Phi) is 3.85. The number of hydrogen-bond donors (Lipinski definition) is 1. The monoisotopic (exact) mass is 256 g/mol. The summed E-state index contributed by atoms with van der Waals surface area (Å²) in [4.78, 5) is 11.3. The fourth-order valence-electron chi connectivity index (χ4n) is 2.04. The first-order valence-electron chi connectivity index (χ1n) is 6.19. The van der Waals surface area contributed by atoms with Crippen molar-refractivity contribution in [1.82, 2.24) is 0 Å². The summed E-state index contributed by atoms with van der Waals surface area (Å²) in [5.74, 6) is -0.564. The van der Waals surface area contributed by atoms with Crippen LogP contribution in [0, 0.1) is 6.92 Å². The van der Waals surface area contributed by atoms with Crippen molar-refractivity contribution in [2.75, 3.05) is 6.61 Å². The molecule has 0 saturated heterocycles. The number of ether oxygens (including phenoxy) is 1. The average Bonchev–Trinajstić information content (AvgIpc) is 2.40. The predicted molar refractivity (Wildman–Crippen MR) is 74.7 cm³/mol. The van der Waals surface area contributed by atoms with Gasteiger partial charge in [-0.15, -0.1) is 0 Å². The second-order valence-corrected chi connectivity index (χ2v) is 4.26. The highest BCUT2D eigenvalue weighted by Crippen LogP contribution is 2.28. The molecule has 0 aliphatic heterocycles. The Morgan fingerprint density at radius 2 is 1.95 bits per heavy atom. The third-order valence-electron chi connectivity index (χ3n) is 2.97. The van der Waals surface area contributed by atoms with E-state index in [1.165, 1.54) is 0 Å². The number of aryl methyl sites for hydroxylation is 1. The normalized spacial score (nSPS) is 10.2. The highest BCUT2D eigenvalue weighted by atomic mass is 16.5. The molecule has 2 rings (SSSR count). The molecule has 0 saturated carbocycles. The molecule has 0 unspecified atom stereocenters. The van der Waals surface area contributed by atoms with Gasteiger partial charge in [-0.3, -0.25) is 0 Å². The molecule has 0 fully saturated rings. The van der Waals surface area contributed by atoms with Crippen LogP contribution in [0.4, 0.5) is 0 Å². The van der Waals surface area contributed by atoms with E-state index in [1.54, 1.807) is 12.1 Å². The zero-order valence-electron chi connectivity index (χ0n) is 11.0. The summed E-state index contributed by atoms with van der Waals surface area (Å²) >= 11 is 0. The van der Waals surface area contributed by atoms with Crippen LogP contribution in [-0.4, -0.2) is 17.7 Å². The first-order chi connectivity index (χ1) is 9.13. The first-order valence-corrected chi connectivity index (χ1v) is 6.19. The van der Waals surface area contributed by atoms with Crippen LogP contribution in [0.15, 0.2) is 42.5 Å². The molecule has 2 aromatic rings. The number of carboxylic acids is 1. The number of hydrogen-bond acceptors (Lipinski definition) is 2. The topological polar surface area (TPSA) is 46.5 Å². The van der Waals surface area contributed by atoms with Gasteiger partial charge < -0.3 is 9.84 Å². The lowest BCUT2D eigenvalue weighted by Crippen LogP contribution is -2.03. The van der Waals surface area contributed by atoms with E-state index in [-0.39, 0.29) is 5.56 Å². The maximum Gasteiger partial charge on any atom is 0.339 e. The van der Waals surface area contributed by atoms with Gasteiger partial charge in [0.15, 0.2) is 0 Å². The molecule has 19 heavy (non-hydrogen) atoms. The molecule has 0 heterocycles. The van der Waals surface area contributed by atoms with Crippen LogP contribution in [0.3, 0.4) is 0 Å². The van der Waals surface area contributed by atoms with Gasteiger partial charge in [-0.25, -0.2) is 4.79 Å². The molecule has 0 aliphatic carbocycles. The minimum absolute atomic E-state index is 0.197. The van der Waals surface area contributed by atoms with E-state index in [1.807, 2.05) is 44.2 Å². The predicted octanol–water partition coefficient (Wildman–Crippen LogP) is 3.76. The first kappa shape index (κ1) is 13.1. The zero-order chi connectivity index (χ0) is 13.8. The van der Waals surface area contributed by atoms with E-state index in [2.05, 4.69) is 0 Å². The fourth-order valence-corrected chi connectivity index (χ4v) is 2.04. The Morgan fingerprint density at radius 1 is 1.21 bits per heavy atom. The lowest BCUT2D eigenvalue weighted by Gasteiger charge is -2.11. The van der Waals surface area contributed by atoms with Crippen molar-refractivity contribution >= 4 is 5.97 Å². The third kappa shape index (κ3) is 2.76. The summed E-state index contributed by atoms with van der Waals surface area (Å²) in [5.41, 5.74) is 3.23. The molecule has 2 aromatic carbocycles. The van der Waals surface area contributed by atoms with E-state index in [9.17, 15) is 9.90 Å². The standard InChI is InChI=1S/C16H16O3/c1-3-19-15-9-8-12(10-14(15)16(17)18)13-7-5-4-6-11(13)2/h4-10H,3H2,1-2H3,(H,17,18). The van der Waals surface area contributed by atoms with Crippen molar-refractivity contribution in [2.24, 2.45) is 0 Å².